The van der Waals surface area contributed by atoms with Gasteiger partial charge in [0.15, 0.2) is 5.58 Å². The molecule has 2 aliphatic rings. The minimum absolute atomic E-state index is 0.208. The second kappa shape index (κ2) is 7.81. The van der Waals surface area contributed by atoms with E-state index in [4.69, 9.17) is 4.42 Å². The summed E-state index contributed by atoms with van der Waals surface area (Å²) in [5.41, 5.74) is 2.54. The van der Waals surface area contributed by atoms with Crippen molar-refractivity contribution in [2.75, 3.05) is 18.0 Å². The molecule has 0 radical (unpaired) electrons. The van der Waals surface area contributed by atoms with Crippen LogP contribution in [0.4, 0.5) is 19.0 Å². The van der Waals surface area contributed by atoms with Gasteiger partial charge in [0.05, 0.1) is 17.3 Å². The Balaban J connectivity index is 1.09. The quantitative estimate of drug-likeness (QED) is 0.433. The average Bonchev–Trinajstić information content (AvgIpc) is 3.44. The second-order valence-corrected chi connectivity index (χ2v) is 10.6. The molecular weight excluding hydrogens is 467 g/mol. The first-order valence-electron chi connectivity index (χ1n) is 11.2. The number of aromatic amines is 1. The van der Waals surface area contributed by atoms with Crippen LogP contribution < -0.4 is 16.0 Å². The smallest absolute Gasteiger partial charge is 0.408 e. The van der Waals surface area contributed by atoms with Crippen molar-refractivity contribution in [1.82, 2.24) is 20.3 Å². The molecule has 0 unspecified atom stereocenters. The minimum atomic E-state index is -4.23. The number of nitrogens with one attached hydrogen (secondary N) is 2. The van der Waals surface area contributed by atoms with E-state index in [0.717, 1.165) is 55.1 Å². The molecule has 1 saturated heterocycles. The maximum atomic E-state index is 12.8. The van der Waals surface area contributed by atoms with Crippen LogP contribution in [0.5, 0.6) is 0 Å². The van der Waals surface area contributed by atoms with E-state index in [1.54, 1.807) is 12.1 Å². The Morgan fingerprint density at radius 1 is 1.26 bits per heavy atom. The molecule has 2 N–H and O–H groups in total. The fraction of sp³-hybridized carbons (Fsp3) is 0.435. The lowest BCUT2D eigenvalue weighted by molar-refractivity contribution is -0.126. The van der Waals surface area contributed by atoms with Gasteiger partial charge >= 0.3 is 11.9 Å². The van der Waals surface area contributed by atoms with Crippen molar-refractivity contribution in [1.29, 1.82) is 0 Å². The summed E-state index contributed by atoms with van der Waals surface area (Å²) >= 11 is 1.09. The lowest BCUT2D eigenvalue weighted by Crippen LogP contribution is -2.56. The molecular formula is C23H22F3N5O2S. The Hall–Kier alpha value is -2.92. The molecule has 4 aromatic rings. The SMILES string of the molecule is O=c1[nH]c2cc(CN[C@@H]3CCC4(C3)CN(c3ncnc5sc(CC(F)(F)F)cc35)C4)ccc2o1. The van der Waals surface area contributed by atoms with Gasteiger partial charge in [0.2, 0.25) is 0 Å². The molecule has 4 heterocycles. The van der Waals surface area contributed by atoms with E-state index in [9.17, 15) is 18.0 Å². The zero-order chi connectivity index (χ0) is 23.5. The van der Waals surface area contributed by atoms with E-state index in [-0.39, 0.29) is 10.3 Å². The molecule has 11 heteroatoms. The number of benzene rings is 1. The molecule has 1 spiro atoms. The predicted octanol–water partition coefficient (Wildman–Crippen LogP) is 4.38. The van der Waals surface area contributed by atoms with Crippen LogP contribution >= 0.6 is 11.3 Å². The van der Waals surface area contributed by atoms with Gasteiger partial charge in [-0.1, -0.05) is 6.07 Å². The molecule has 6 rings (SSSR count). The largest absolute Gasteiger partial charge is 0.417 e. The van der Waals surface area contributed by atoms with Crippen LogP contribution in [0.25, 0.3) is 21.3 Å². The van der Waals surface area contributed by atoms with E-state index in [2.05, 4.69) is 25.2 Å². The van der Waals surface area contributed by atoms with Crippen LogP contribution in [0.3, 0.4) is 0 Å². The number of fused-ring (bicyclic) bond motifs is 2. The summed E-state index contributed by atoms with van der Waals surface area (Å²) in [6.07, 6.45) is -0.499. The maximum Gasteiger partial charge on any atom is 0.417 e. The summed E-state index contributed by atoms with van der Waals surface area (Å²) in [4.78, 5) is 25.7. The summed E-state index contributed by atoms with van der Waals surface area (Å²) < 4.78 is 43.5. The summed E-state index contributed by atoms with van der Waals surface area (Å²) in [6.45, 7) is 2.41. The van der Waals surface area contributed by atoms with Crippen LogP contribution in [-0.4, -0.2) is 40.3 Å². The Kier molecular flexibility index (Phi) is 4.96. The molecule has 0 amide bonds. The van der Waals surface area contributed by atoms with Gasteiger partial charge in [-0.3, -0.25) is 4.98 Å². The Bertz CT molecular complexity index is 1420. The molecule has 1 aromatic carbocycles. The van der Waals surface area contributed by atoms with Crippen molar-refractivity contribution in [2.24, 2.45) is 5.41 Å². The average molecular weight is 490 g/mol. The van der Waals surface area contributed by atoms with Crippen molar-refractivity contribution in [3.05, 3.63) is 51.6 Å². The summed E-state index contributed by atoms with van der Waals surface area (Å²) in [5, 5.41) is 4.34. The van der Waals surface area contributed by atoms with Gasteiger partial charge in [0.1, 0.15) is 17.0 Å². The number of rotatable bonds is 5. The molecule has 1 saturated carbocycles. The normalized spacial score (nSPS) is 20.0. The van der Waals surface area contributed by atoms with Crippen molar-refractivity contribution >= 4 is 38.5 Å². The molecule has 1 atom stereocenters. The topological polar surface area (TPSA) is 87.0 Å². The van der Waals surface area contributed by atoms with Crippen LogP contribution in [0.1, 0.15) is 29.7 Å². The zero-order valence-corrected chi connectivity index (χ0v) is 18.9. The van der Waals surface area contributed by atoms with E-state index in [1.807, 2.05) is 12.1 Å². The maximum absolute atomic E-state index is 12.8. The lowest BCUT2D eigenvalue weighted by Gasteiger charge is -2.49. The monoisotopic (exact) mass is 489 g/mol. The van der Waals surface area contributed by atoms with Gasteiger partial charge in [0.25, 0.3) is 0 Å². The number of aromatic nitrogens is 3. The van der Waals surface area contributed by atoms with Gasteiger partial charge in [-0.2, -0.15) is 13.2 Å². The summed E-state index contributed by atoms with van der Waals surface area (Å²) in [7, 11) is 0. The van der Waals surface area contributed by atoms with Crippen LogP contribution in [0.15, 0.2) is 39.8 Å². The first-order valence-corrected chi connectivity index (χ1v) is 12.0. The Labute approximate surface area is 196 Å². The Morgan fingerprint density at radius 3 is 2.94 bits per heavy atom. The highest BCUT2D eigenvalue weighted by atomic mass is 32.1. The number of H-pyrrole nitrogens is 1. The van der Waals surface area contributed by atoms with E-state index in [0.29, 0.717) is 33.9 Å². The second-order valence-electron chi connectivity index (χ2n) is 9.44. The van der Waals surface area contributed by atoms with Gasteiger partial charge in [-0.05, 0) is 43.0 Å². The highest BCUT2D eigenvalue weighted by Gasteiger charge is 2.48. The molecule has 7 nitrogen and oxygen atoms in total. The highest BCUT2D eigenvalue weighted by molar-refractivity contribution is 7.18. The number of hydrogen-bond donors (Lipinski definition) is 2. The molecule has 1 aliphatic carbocycles. The third-order valence-corrected chi connectivity index (χ3v) is 7.91. The number of thiophene rings is 1. The van der Waals surface area contributed by atoms with Crippen LogP contribution in [0.2, 0.25) is 0 Å². The number of nitrogens with zero attached hydrogens (tertiary/aromatic N) is 3. The summed E-state index contributed by atoms with van der Waals surface area (Å²) in [6, 6.07) is 7.67. The summed E-state index contributed by atoms with van der Waals surface area (Å²) in [5.74, 6) is 0.284. The highest BCUT2D eigenvalue weighted by Crippen LogP contribution is 2.48. The number of hydrogen-bond acceptors (Lipinski definition) is 7. The number of oxazole rings is 1. The Morgan fingerprint density at radius 2 is 2.12 bits per heavy atom. The molecule has 34 heavy (non-hydrogen) atoms. The first kappa shape index (κ1) is 21.6. The van der Waals surface area contributed by atoms with Crippen LogP contribution in [-0.2, 0) is 13.0 Å². The predicted molar refractivity (Wildman–Crippen MR) is 123 cm³/mol. The van der Waals surface area contributed by atoms with Crippen molar-refractivity contribution in [2.45, 2.75) is 44.4 Å². The molecule has 178 valence electrons. The number of anilines is 1. The van der Waals surface area contributed by atoms with E-state index < -0.39 is 18.4 Å². The lowest BCUT2D eigenvalue weighted by atomic mass is 9.78. The van der Waals surface area contributed by atoms with Crippen molar-refractivity contribution in [3.63, 3.8) is 0 Å². The number of halogens is 3. The first-order chi connectivity index (χ1) is 16.3. The van der Waals surface area contributed by atoms with Crippen molar-refractivity contribution < 1.29 is 17.6 Å². The third kappa shape index (κ3) is 4.07. The van der Waals surface area contributed by atoms with Gasteiger partial charge in [-0.15, -0.1) is 11.3 Å². The third-order valence-electron chi connectivity index (χ3n) is 6.87. The van der Waals surface area contributed by atoms with Crippen molar-refractivity contribution in [3.8, 4) is 0 Å². The zero-order valence-electron chi connectivity index (χ0n) is 18.1. The molecule has 1 aliphatic heterocycles. The number of alkyl halides is 3. The van der Waals surface area contributed by atoms with Gasteiger partial charge in [0, 0.05) is 36.0 Å². The van der Waals surface area contributed by atoms with E-state index >= 15 is 0 Å². The standard InChI is InChI=1S/C23H22F3N5O2S/c24-23(25,26)8-15-6-16-19(28-12-29-20(16)34-15)31-10-22(11-31)4-3-14(7-22)27-9-13-1-2-18-17(5-13)30-21(32)33-18/h1-2,5-6,12,14,27H,3-4,7-11H2,(H,30,32)/t14-/m1/s1. The molecule has 2 fully saturated rings. The van der Waals surface area contributed by atoms with Gasteiger partial charge in [-0.25, -0.2) is 14.8 Å². The minimum Gasteiger partial charge on any atom is -0.408 e. The van der Waals surface area contributed by atoms with Gasteiger partial charge < -0.3 is 14.6 Å². The fourth-order valence-corrected chi connectivity index (χ4v) is 6.40. The van der Waals surface area contributed by atoms with E-state index in [1.165, 1.54) is 6.33 Å². The van der Waals surface area contributed by atoms with Crippen LogP contribution in [0, 0.1) is 5.41 Å². The fourth-order valence-electron chi connectivity index (χ4n) is 5.38. The molecule has 3 aromatic heterocycles. The molecule has 0 bridgehead atoms.